The van der Waals surface area contributed by atoms with Gasteiger partial charge < -0.3 is 10.2 Å². The number of rotatable bonds is 6. The molecule has 2 aromatic rings. The number of aromatic nitrogens is 2. The molecule has 0 radical (unpaired) electrons. The predicted octanol–water partition coefficient (Wildman–Crippen LogP) is 3.44. The van der Waals surface area contributed by atoms with Gasteiger partial charge in [0, 0.05) is 25.3 Å². The molecule has 5 nitrogen and oxygen atoms in total. The number of carbonyl (C=O) groups excluding carboxylic acids is 1. The van der Waals surface area contributed by atoms with E-state index in [-0.39, 0.29) is 5.91 Å². The van der Waals surface area contributed by atoms with Gasteiger partial charge >= 0.3 is 0 Å². The zero-order chi connectivity index (χ0) is 18.5. The predicted molar refractivity (Wildman–Crippen MR) is 107 cm³/mol. The third-order valence-corrected chi connectivity index (χ3v) is 5.98. The third kappa shape index (κ3) is 4.41. The van der Waals surface area contributed by atoms with Gasteiger partial charge in [0.05, 0.1) is 6.04 Å². The summed E-state index contributed by atoms with van der Waals surface area (Å²) in [6.07, 6.45) is 9.86. The molecule has 1 saturated heterocycles. The van der Waals surface area contributed by atoms with Gasteiger partial charge in [-0.05, 0) is 50.3 Å². The van der Waals surface area contributed by atoms with Crippen molar-refractivity contribution in [2.75, 3.05) is 19.6 Å². The van der Waals surface area contributed by atoms with Gasteiger partial charge in [-0.2, -0.15) is 5.10 Å². The van der Waals surface area contributed by atoms with Crippen LogP contribution in [-0.4, -0.2) is 46.3 Å². The highest BCUT2D eigenvalue weighted by molar-refractivity contribution is 5.92. The summed E-state index contributed by atoms with van der Waals surface area (Å²) in [6, 6.07) is 13.1. The highest BCUT2D eigenvalue weighted by Gasteiger charge is 2.29. The van der Waals surface area contributed by atoms with E-state index in [1.165, 1.54) is 24.8 Å². The third-order valence-electron chi connectivity index (χ3n) is 5.98. The quantitative estimate of drug-likeness (QED) is 0.852. The molecule has 1 aromatic carbocycles. The van der Waals surface area contributed by atoms with Crippen LogP contribution in [0.1, 0.15) is 60.6 Å². The highest BCUT2D eigenvalue weighted by atomic mass is 16.2. The number of carbonyl (C=O) groups is 1. The molecule has 4 rings (SSSR count). The number of nitrogens with zero attached hydrogens (tertiary/aromatic N) is 3. The Balaban J connectivity index is 1.47. The molecule has 2 aliphatic rings. The van der Waals surface area contributed by atoms with Crippen molar-refractivity contribution >= 4 is 5.91 Å². The molecule has 2 fully saturated rings. The first-order valence-corrected chi connectivity index (χ1v) is 10.4. The van der Waals surface area contributed by atoms with Crippen LogP contribution in [0, 0.1) is 0 Å². The maximum absolute atomic E-state index is 13.3. The molecule has 0 spiro atoms. The first-order valence-electron chi connectivity index (χ1n) is 10.4. The zero-order valence-electron chi connectivity index (χ0n) is 16.0. The second-order valence-electron chi connectivity index (χ2n) is 7.85. The number of amides is 1. The molecule has 2 heterocycles. The lowest BCUT2D eigenvalue weighted by Gasteiger charge is -2.28. The molecule has 1 saturated carbocycles. The molecule has 1 unspecified atom stereocenters. The van der Waals surface area contributed by atoms with E-state index in [2.05, 4.69) is 39.6 Å². The molecule has 1 amide bonds. The summed E-state index contributed by atoms with van der Waals surface area (Å²) in [4.78, 5) is 15.4. The van der Waals surface area contributed by atoms with E-state index in [1.807, 2.05) is 23.0 Å². The molecule has 1 N–H and O–H groups in total. The number of benzene rings is 1. The van der Waals surface area contributed by atoms with E-state index in [0.717, 1.165) is 45.3 Å². The van der Waals surface area contributed by atoms with Crippen LogP contribution in [0.25, 0.3) is 0 Å². The summed E-state index contributed by atoms with van der Waals surface area (Å²) < 4.78 is 1.99. The maximum atomic E-state index is 13.3. The molecule has 1 aliphatic carbocycles. The van der Waals surface area contributed by atoms with Crippen LogP contribution in [0.2, 0.25) is 0 Å². The highest BCUT2D eigenvalue weighted by Crippen LogP contribution is 2.25. The molecule has 144 valence electrons. The fourth-order valence-electron chi connectivity index (χ4n) is 4.42. The fourth-order valence-corrected chi connectivity index (χ4v) is 4.42. The van der Waals surface area contributed by atoms with Gasteiger partial charge in [-0.15, -0.1) is 0 Å². The van der Waals surface area contributed by atoms with Gasteiger partial charge in [0.1, 0.15) is 5.69 Å². The first-order chi connectivity index (χ1) is 13.3. The molecule has 1 atom stereocenters. The molecular formula is C22H30N4O. The van der Waals surface area contributed by atoms with Crippen molar-refractivity contribution in [2.24, 2.45) is 0 Å². The summed E-state index contributed by atoms with van der Waals surface area (Å²) in [6.45, 7) is 2.79. The van der Waals surface area contributed by atoms with Crippen molar-refractivity contribution in [1.29, 1.82) is 0 Å². The van der Waals surface area contributed by atoms with Crippen molar-refractivity contribution < 1.29 is 4.79 Å². The standard InChI is InChI=1S/C22H30N4O/c27-22(21-13-16-26(24-21)20-11-6-14-23-17-20)25(19-9-4-5-10-19)15-12-18-7-2-1-3-8-18/h1-3,7-8,13,16,19-20,23H,4-6,9-12,14-15,17H2. The Morgan fingerprint density at radius 1 is 1.11 bits per heavy atom. The Morgan fingerprint density at radius 2 is 1.93 bits per heavy atom. The largest absolute Gasteiger partial charge is 0.334 e. The lowest BCUT2D eigenvalue weighted by atomic mass is 10.1. The monoisotopic (exact) mass is 366 g/mol. The van der Waals surface area contributed by atoms with Crippen molar-refractivity contribution in [1.82, 2.24) is 20.0 Å². The van der Waals surface area contributed by atoms with Gasteiger partial charge in [0.25, 0.3) is 5.91 Å². The number of hydrogen-bond acceptors (Lipinski definition) is 3. The average Bonchev–Trinajstić information content (AvgIpc) is 3.42. The van der Waals surface area contributed by atoms with E-state index in [4.69, 9.17) is 0 Å². The van der Waals surface area contributed by atoms with Crippen LogP contribution in [0.4, 0.5) is 0 Å². The van der Waals surface area contributed by atoms with Crippen molar-refractivity contribution in [3.8, 4) is 0 Å². The lowest BCUT2D eigenvalue weighted by Crippen LogP contribution is -2.40. The van der Waals surface area contributed by atoms with Crippen LogP contribution in [0.5, 0.6) is 0 Å². The SMILES string of the molecule is O=C(c1ccn(C2CCCNC2)n1)N(CCc1ccccc1)C1CCCC1. The van der Waals surface area contributed by atoms with Gasteiger partial charge in [-0.1, -0.05) is 43.2 Å². The van der Waals surface area contributed by atoms with Crippen LogP contribution in [0.3, 0.4) is 0 Å². The lowest BCUT2D eigenvalue weighted by molar-refractivity contribution is 0.0676. The van der Waals surface area contributed by atoms with Gasteiger partial charge in [-0.25, -0.2) is 0 Å². The molecule has 27 heavy (non-hydrogen) atoms. The van der Waals surface area contributed by atoms with E-state index in [9.17, 15) is 4.79 Å². The summed E-state index contributed by atoms with van der Waals surface area (Å²) in [5, 5.41) is 8.09. The van der Waals surface area contributed by atoms with E-state index in [0.29, 0.717) is 17.8 Å². The maximum Gasteiger partial charge on any atom is 0.274 e. The summed E-state index contributed by atoms with van der Waals surface area (Å²) in [5.41, 5.74) is 1.88. The molecule has 0 bridgehead atoms. The second kappa shape index (κ2) is 8.70. The van der Waals surface area contributed by atoms with Gasteiger partial charge in [0.2, 0.25) is 0 Å². The summed E-state index contributed by atoms with van der Waals surface area (Å²) in [5.74, 6) is 0.0975. The Kier molecular flexibility index (Phi) is 5.87. The smallest absolute Gasteiger partial charge is 0.274 e. The van der Waals surface area contributed by atoms with Gasteiger partial charge in [-0.3, -0.25) is 9.48 Å². The fraction of sp³-hybridized carbons (Fsp3) is 0.545. The zero-order valence-corrected chi connectivity index (χ0v) is 16.0. The Morgan fingerprint density at radius 3 is 2.67 bits per heavy atom. The molecule has 1 aromatic heterocycles. The number of nitrogens with one attached hydrogen (secondary N) is 1. The van der Waals surface area contributed by atoms with Crippen LogP contribution >= 0.6 is 0 Å². The van der Waals surface area contributed by atoms with Gasteiger partial charge in [0.15, 0.2) is 0 Å². The van der Waals surface area contributed by atoms with E-state index >= 15 is 0 Å². The van der Waals surface area contributed by atoms with E-state index in [1.54, 1.807) is 0 Å². The Bertz CT molecular complexity index is 730. The molecule has 1 aliphatic heterocycles. The van der Waals surface area contributed by atoms with Crippen LogP contribution < -0.4 is 5.32 Å². The number of piperidine rings is 1. The number of hydrogen-bond donors (Lipinski definition) is 1. The van der Waals surface area contributed by atoms with Crippen molar-refractivity contribution in [3.63, 3.8) is 0 Å². The normalized spacial score (nSPS) is 20.7. The van der Waals surface area contributed by atoms with Crippen molar-refractivity contribution in [3.05, 3.63) is 53.9 Å². The minimum absolute atomic E-state index is 0.0975. The molecule has 5 heteroatoms. The first kappa shape index (κ1) is 18.2. The van der Waals surface area contributed by atoms with Crippen molar-refractivity contribution in [2.45, 2.75) is 57.0 Å². The summed E-state index contributed by atoms with van der Waals surface area (Å²) in [7, 11) is 0. The second-order valence-corrected chi connectivity index (χ2v) is 7.85. The van der Waals surface area contributed by atoms with E-state index < -0.39 is 0 Å². The van der Waals surface area contributed by atoms with Crippen LogP contribution in [0.15, 0.2) is 42.6 Å². The Hall–Kier alpha value is -2.14. The summed E-state index contributed by atoms with van der Waals surface area (Å²) >= 11 is 0. The Labute approximate surface area is 161 Å². The van der Waals surface area contributed by atoms with Crippen LogP contribution in [-0.2, 0) is 6.42 Å². The average molecular weight is 367 g/mol. The minimum atomic E-state index is 0.0975. The minimum Gasteiger partial charge on any atom is -0.334 e. The molecular weight excluding hydrogens is 336 g/mol. The topological polar surface area (TPSA) is 50.2 Å².